The first-order chi connectivity index (χ1) is 9.59. The van der Waals surface area contributed by atoms with Crippen LogP contribution in [0.1, 0.15) is 25.6 Å². The van der Waals surface area contributed by atoms with E-state index in [2.05, 4.69) is 30.9 Å². The molecule has 108 valence electrons. The molecule has 0 saturated carbocycles. The molecule has 2 heterocycles. The third kappa shape index (κ3) is 2.35. The van der Waals surface area contributed by atoms with Gasteiger partial charge in [-0.15, -0.1) is 0 Å². The molecule has 1 aliphatic rings. The van der Waals surface area contributed by atoms with Gasteiger partial charge in [0.2, 0.25) is 0 Å². The van der Waals surface area contributed by atoms with Crippen LogP contribution in [0.2, 0.25) is 0 Å². The first kappa shape index (κ1) is 13.6. The zero-order chi connectivity index (χ0) is 14.2. The summed E-state index contributed by atoms with van der Waals surface area (Å²) in [6.45, 7) is 7.74. The molecule has 0 bridgehead atoms. The predicted octanol–water partition coefficient (Wildman–Crippen LogP) is 2.54. The van der Waals surface area contributed by atoms with Crippen molar-refractivity contribution in [2.24, 2.45) is 5.73 Å². The van der Waals surface area contributed by atoms with Crippen LogP contribution in [0.3, 0.4) is 0 Å². The molecule has 0 amide bonds. The van der Waals surface area contributed by atoms with E-state index in [0.29, 0.717) is 0 Å². The van der Waals surface area contributed by atoms with Crippen molar-refractivity contribution >= 4 is 11.0 Å². The summed E-state index contributed by atoms with van der Waals surface area (Å²) in [5.74, 6) is 0.850. The molecule has 4 heteroatoms. The Hall–Kier alpha value is -1.36. The molecule has 1 aromatic carbocycles. The van der Waals surface area contributed by atoms with Crippen molar-refractivity contribution in [3.8, 4) is 0 Å². The predicted molar refractivity (Wildman–Crippen MR) is 79.6 cm³/mol. The van der Waals surface area contributed by atoms with Crippen LogP contribution < -0.4 is 5.73 Å². The Morgan fingerprint density at radius 3 is 2.60 bits per heavy atom. The SMILES string of the molecule is CC(C)(C(N)c1cc2ccccc2o1)N1CCOCC1. The lowest BCUT2D eigenvalue weighted by molar-refractivity contribution is -0.0211. The monoisotopic (exact) mass is 274 g/mol. The lowest BCUT2D eigenvalue weighted by Crippen LogP contribution is -2.55. The van der Waals surface area contributed by atoms with E-state index in [4.69, 9.17) is 14.9 Å². The van der Waals surface area contributed by atoms with Crippen LogP contribution in [0.25, 0.3) is 11.0 Å². The number of fused-ring (bicyclic) bond motifs is 1. The van der Waals surface area contributed by atoms with Gasteiger partial charge in [0, 0.05) is 24.0 Å². The summed E-state index contributed by atoms with van der Waals surface area (Å²) in [5, 5.41) is 1.11. The Bertz CT molecular complexity index is 552. The summed E-state index contributed by atoms with van der Waals surface area (Å²) in [6.07, 6.45) is 0. The number of para-hydroxylation sites is 1. The van der Waals surface area contributed by atoms with Gasteiger partial charge in [-0.05, 0) is 26.0 Å². The second kappa shape index (κ2) is 5.20. The zero-order valence-electron chi connectivity index (χ0n) is 12.1. The molecule has 0 aliphatic carbocycles. The third-order valence-corrected chi connectivity index (χ3v) is 4.34. The summed E-state index contributed by atoms with van der Waals surface area (Å²) in [5.41, 5.74) is 7.23. The van der Waals surface area contributed by atoms with Crippen LogP contribution in [0.4, 0.5) is 0 Å². The fourth-order valence-electron chi connectivity index (χ4n) is 2.84. The van der Waals surface area contributed by atoms with Gasteiger partial charge in [0.25, 0.3) is 0 Å². The molecule has 2 N–H and O–H groups in total. The average Bonchev–Trinajstić information content (AvgIpc) is 2.91. The van der Waals surface area contributed by atoms with E-state index >= 15 is 0 Å². The van der Waals surface area contributed by atoms with Crippen LogP contribution in [0.15, 0.2) is 34.7 Å². The van der Waals surface area contributed by atoms with E-state index in [1.807, 2.05) is 18.2 Å². The van der Waals surface area contributed by atoms with E-state index in [1.165, 1.54) is 0 Å². The summed E-state index contributed by atoms with van der Waals surface area (Å²) in [4.78, 5) is 2.38. The maximum atomic E-state index is 6.49. The molecule has 3 rings (SSSR count). The fourth-order valence-corrected chi connectivity index (χ4v) is 2.84. The molecule has 1 atom stereocenters. The number of nitrogens with two attached hydrogens (primary N) is 1. The normalized spacial score (nSPS) is 19.4. The fraction of sp³-hybridized carbons (Fsp3) is 0.500. The van der Waals surface area contributed by atoms with E-state index < -0.39 is 0 Å². The van der Waals surface area contributed by atoms with Crippen molar-refractivity contribution in [3.63, 3.8) is 0 Å². The molecule has 0 spiro atoms. The summed E-state index contributed by atoms with van der Waals surface area (Å²) in [6, 6.07) is 9.92. The average molecular weight is 274 g/mol. The molecule has 4 nitrogen and oxygen atoms in total. The molecule has 1 saturated heterocycles. The Labute approximate surface area is 119 Å². The highest BCUT2D eigenvalue weighted by Gasteiger charge is 2.36. The summed E-state index contributed by atoms with van der Waals surface area (Å²) >= 11 is 0. The second-order valence-electron chi connectivity index (χ2n) is 5.92. The van der Waals surface area contributed by atoms with Crippen molar-refractivity contribution in [1.82, 2.24) is 4.90 Å². The first-order valence-electron chi connectivity index (χ1n) is 7.16. The highest BCUT2D eigenvalue weighted by molar-refractivity contribution is 5.77. The standard InChI is InChI=1S/C16H22N2O2/c1-16(2,18-7-9-19-10-8-18)15(17)14-11-12-5-3-4-6-13(12)20-14/h3-6,11,15H,7-10,17H2,1-2H3. The van der Waals surface area contributed by atoms with Crippen molar-refractivity contribution in [2.45, 2.75) is 25.4 Å². The topological polar surface area (TPSA) is 51.6 Å². The van der Waals surface area contributed by atoms with Crippen molar-refractivity contribution < 1.29 is 9.15 Å². The summed E-state index contributed by atoms with van der Waals surface area (Å²) in [7, 11) is 0. The highest BCUT2D eigenvalue weighted by atomic mass is 16.5. The van der Waals surface area contributed by atoms with Crippen molar-refractivity contribution in [1.29, 1.82) is 0 Å². The summed E-state index contributed by atoms with van der Waals surface area (Å²) < 4.78 is 11.3. The van der Waals surface area contributed by atoms with Gasteiger partial charge in [-0.1, -0.05) is 18.2 Å². The molecule has 20 heavy (non-hydrogen) atoms. The quantitative estimate of drug-likeness (QED) is 0.934. The lowest BCUT2D eigenvalue weighted by Gasteiger charge is -2.43. The zero-order valence-corrected chi connectivity index (χ0v) is 12.1. The van der Waals surface area contributed by atoms with Gasteiger partial charge >= 0.3 is 0 Å². The number of benzene rings is 1. The van der Waals surface area contributed by atoms with E-state index in [9.17, 15) is 0 Å². The minimum absolute atomic E-state index is 0.155. The smallest absolute Gasteiger partial charge is 0.134 e. The Balaban J connectivity index is 1.87. The number of rotatable bonds is 3. The van der Waals surface area contributed by atoms with Gasteiger partial charge in [-0.25, -0.2) is 0 Å². The third-order valence-electron chi connectivity index (χ3n) is 4.34. The number of nitrogens with zero attached hydrogens (tertiary/aromatic N) is 1. The van der Waals surface area contributed by atoms with Gasteiger partial charge in [-0.2, -0.15) is 0 Å². The highest BCUT2D eigenvalue weighted by Crippen LogP contribution is 2.32. The molecule has 0 radical (unpaired) electrons. The largest absolute Gasteiger partial charge is 0.459 e. The van der Waals surface area contributed by atoms with Crippen LogP contribution in [0, 0.1) is 0 Å². The van der Waals surface area contributed by atoms with Gasteiger partial charge in [0.1, 0.15) is 11.3 Å². The minimum Gasteiger partial charge on any atom is -0.459 e. The van der Waals surface area contributed by atoms with E-state index in [1.54, 1.807) is 0 Å². The maximum absolute atomic E-state index is 6.49. The van der Waals surface area contributed by atoms with Crippen LogP contribution >= 0.6 is 0 Å². The van der Waals surface area contributed by atoms with E-state index in [-0.39, 0.29) is 11.6 Å². The Morgan fingerprint density at radius 2 is 1.90 bits per heavy atom. The number of hydrogen-bond donors (Lipinski definition) is 1. The number of hydrogen-bond acceptors (Lipinski definition) is 4. The van der Waals surface area contributed by atoms with Crippen LogP contribution in [-0.4, -0.2) is 36.7 Å². The van der Waals surface area contributed by atoms with Gasteiger partial charge in [-0.3, -0.25) is 4.90 Å². The molecule has 1 unspecified atom stereocenters. The molecule has 1 aromatic heterocycles. The number of morpholine rings is 1. The van der Waals surface area contributed by atoms with Crippen LogP contribution in [-0.2, 0) is 4.74 Å². The minimum atomic E-state index is -0.159. The van der Waals surface area contributed by atoms with Crippen LogP contribution in [0.5, 0.6) is 0 Å². The van der Waals surface area contributed by atoms with Gasteiger partial charge in [0.15, 0.2) is 0 Å². The molecule has 1 fully saturated rings. The van der Waals surface area contributed by atoms with Crippen molar-refractivity contribution in [2.75, 3.05) is 26.3 Å². The lowest BCUT2D eigenvalue weighted by atomic mass is 9.90. The molecule has 2 aromatic rings. The van der Waals surface area contributed by atoms with E-state index in [0.717, 1.165) is 43.0 Å². The second-order valence-corrected chi connectivity index (χ2v) is 5.92. The maximum Gasteiger partial charge on any atom is 0.134 e. The van der Waals surface area contributed by atoms with Gasteiger partial charge < -0.3 is 14.9 Å². The molecule has 1 aliphatic heterocycles. The molecular formula is C16H22N2O2. The number of furan rings is 1. The van der Waals surface area contributed by atoms with Gasteiger partial charge in [0.05, 0.1) is 19.3 Å². The first-order valence-corrected chi connectivity index (χ1v) is 7.16. The number of ether oxygens (including phenoxy) is 1. The Kier molecular flexibility index (Phi) is 3.54. The van der Waals surface area contributed by atoms with Crippen molar-refractivity contribution in [3.05, 3.63) is 36.1 Å². The Morgan fingerprint density at radius 1 is 1.20 bits per heavy atom. The molecular weight excluding hydrogens is 252 g/mol.